The third kappa shape index (κ3) is 4.14. The summed E-state index contributed by atoms with van der Waals surface area (Å²) in [5.74, 6) is -1.54. The molecule has 1 heterocycles. The molecule has 0 aromatic heterocycles. The Morgan fingerprint density at radius 3 is 2.27 bits per heavy atom. The highest BCUT2D eigenvalue weighted by Gasteiger charge is 2.67. The molecule has 0 saturated carbocycles. The van der Waals surface area contributed by atoms with Gasteiger partial charge in [0.05, 0.1) is 6.61 Å². The molecule has 0 saturated heterocycles. The number of alkyl halides is 3. The highest BCUT2D eigenvalue weighted by atomic mass is 19.4. The number of amides is 2. The quantitative estimate of drug-likeness (QED) is 0.779. The number of hydrogen-bond acceptors (Lipinski definition) is 4. The van der Waals surface area contributed by atoms with Crippen LogP contribution in [-0.4, -0.2) is 47.7 Å². The monoisotopic (exact) mass is 419 g/mol. The number of carbonyl (C=O) groups is 2. The molecular formula is C21H20F3N3O3. The van der Waals surface area contributed by atoms with Gasteiger partial charge in [0.25, 0.3) is 5.91 Å². The Morgan fingerprint density at radius 1 is 1.10 bits per heavy atom. The lowest BCUT2D eigenvalue weighted by Gasteiger charge is -2.28. The fourth-order valence-electron chi connectivity index (χ4n) is 3.11. The summed E-state index contributed by atoms with van der Waals surface area (Å²) in [6.45, 7) is 1.25. The fourth-order valence-corrected chi connectivity index (χ4v) is 3.11. The van der Waals surface area contributed by atoms with Gasteiger partial charge in [-0.15, -0.1) is 0 Å². The van der Waals surface area contributed by atoms with Gasteiger partial charge in [0.1, 0.15) is 5.84 Å². The van der Waals surface area contributed by atoms with Crippen molar-refractivity contribution in [3.8, 4) is 0 Å². The summed E-state index contributed by atoms with van der Waals surface area (Å²) < 4.78 is 46.8. The minimum atomic E-state index is -5.17. The van der Waals surface area contributed by atoms with E-state index in [1.807, 2.05) is 18.2 Å². The first kappa shape index (κ1) is 21.4. The number of rotatable bonds is 6. The summed E-state index contributed by atoms with van der Waals surface area (Å²) in [5, 5.41) is 1.65. The molecule has 2 amide bonds. The van der Waals surface area contributed by atoms with Crippen LogP contribution in [0.2, 0.25) is 0 Å². The van der Waals surface area contributed by atoms with Crippen LogP contribution >= 0.6 is 0 Å². The second-order valence-corrected chi connectivity index (χ2v) is 6.55. The van der Waals surface area contributed by atoms with Crippen LogP contribution in [-0.2, 0) is 16.0 Å². The number of carbonyl (C=O) groups excluding carboxylic acids is 2. The minimum absolute atomic E-state index is 0.0427. The average molecular weight is 419 g/mol. The van der Waals surface area contributed by atoms with Crippen LogP contribution in [0.15, 0.2) is 65.7 Å². The lowest BCUT2D eigenvalue weighted by Crippen LogP contribution is -2.63. The third-order valence-corrected chi connectivity index (χ3v) is 4.55. The zero-order chi connectivity index (χ0) is 21.8. The molecular weight excluding hydrogens is 399 g/mol. The maximum Gasteiger partial charge on any atom is 0.442 e. The molecule has 3 rings (SSSR count). The molecule has 1 N–H and O–H groups in total. The highest BCUT2D eigenvalue weighted by molar-refractivity contribution is 6.16. The minimum Gasteiger partial charge on any atom is -0.450 e. The molecule has 0 bridgehead atoms. The molecule has 6 nitrogen and oxygen atoms in total. The van der Waals surface area contributed by atoms with E-state index in [0.29, 0.717) is 12.0 Å². The van der Waals surface area contributed by atoms with E-state index in [0.717, 1.165) is 10.5 Å². The van der Waals surface area contributed by atoms with E-state index >= 15 is 0 Å². The van der Waals surface area contributed by atoms with E-state index < -0.39 is 23.8 Å². The van der Waals surface area contributed by atoms with Crippen LogP contribution in [0.4, 0.5) is 18.0 Å². The van der Waals surface area contributed by atoms with E-state index in [9.17, 15) is 22.8 Å². The van der Waals surface area contributed by atoms with Gasteiger partial charge in [-0.1, -0.05) is 60.7 Å². The lowest BCUT2D eigenvalue weighted by molar-refractivity contribution is -0.196. The number of aliphatic imine (C=N–C) groups is 1. The van der Waals surface area contributed by atoms with Gasteiger partial charge in [-0.3, -0.25) is 15.0 Å². The molecule has 0 unspecified atom stereocenters. The topological polar surface area (TPSA) is 71.0 Å². The smallest absolute Gasteiger partial charge is 0.442 e. The van der Waals surface area contributed by atoms with Crippen molar-refractivity contribution >= 4 is 17.8 Å². The standard InChI is InChI=1S/C21H20F3N3O3/c1-2-30-19(29)26-20(21(22,23)24)18(28)27(14-13-15-9-5-3-6-10-15)17(25-20)16-11-7-4-8-12-16/h3-12H,2,13-14H2,1H3,(H,26,29)/t20-/m1/s1. The van der Waals surface area contributed by atoms with Crippen molar-refractivity contribution in [1.82, 2.24) is 10.2 Å². The number of nitrogens with zero attached hydrogens (tertiary/aromatic N) is 2. The van der Waals surface area contributed by atoms with Gasteiger partial charge < -0.3 is 4.74 Å². The van der Waals surface area contributed by atoms with Gasteiger partial charge in [0.2, 0.25) is 0 Å². The van der Waals surface area contributed by atoms with Gasteiger partial charge in [-0.2, -0.15) is 13.2 Å². The van der Waals surface area contributed by atoms with E-state index in [1.54, 1.807) is 47.8 Å². The third-order valence-electron chi connectivity index (χ3n) is 4.55. The zero-order valence-corrected chi connectivity index (χ0v) is 16.1. The number of halogens is 3. The Labute approximate surface area is 171 Å². The molecule has 1 atom stereocenters. The first-order valence-corrected chi connectivity index (χ1v) is 9.31. The van der Waals surface area contributed by atoms with Crippen LogP contribution in [0.5, 0.6) is 0 Å². The second-order valence-electron chi connectivity index (χ2n) is 6.55. The largest absolute Gasteiger partial charge is 0.450 e. The molecule has 1 aliphatic rings. The van der Waals surface area contributed by atoms with Gasteiger partial charge in [0, 0.05) is 12.1 Å². The second kappa shape index (κ2) is 8.56. The first-order valence-electron chi connectivity index (χ1n) is 9.31. The maximum atomic E-state index is 14.1. The Hall–Kier alpha value is -3.36. The van der Waals surface area contributed by atoms with Gasteiger partial charge in [-0.05, 0) is 18.9 Å². The SMILES string of the molecule is CCOC(=O)N[C@]1(C(F)(F)F)N=C(c2ccccc2)N(CCc2ccccc2)C1=O. The van der Waals surface area contributed by atoms with Crippen LogP contribution in [0.3, 0.4) is 0 Å². The van der Waals surface area contributed by atoms with Gasteiger partial charge in [-0.25, -0.2) is 9.79 Å². The number of amidine groups is 1. The van der Waals surface area contributed by atoms with Crippen LogP contribution in [0.1, 0.15) is 18.1 Å². The highest BCUT2D eigenvalue weighted by Crippen LogP contribution is 2.38. The molecule has 0 radical (unpaired) electrons. The normalized spacial score (nSPS) is 18.9. The molecule has 2 aromatic carbocycles. The van der Waals surface area contributed by atoms with Crippen molar-refractivity contribution in [3.05, 3.63) is 71.8 Å². The van der Waals surface area contributed by atoms with Crippen molar-refractivity contribution in [2.24, 2.45) is 4.99 Å². The van der Waals surface area contributed by atoms with E-state index in [2.05, 4.69) is 9.73 Å². The Balaban J connectivity index is 2.02. The number of alkyl carbamates (subject to hydrolysis) is 1. The Morgan fingerprint density at radius 2 is 1.70 bits per heavy atom. The van der Waals surface area contributed by atoms with Crippen molar-refractivity contribution in [1.29, 1.82) is 0 Å². The van der Waals surface area contributed by atoms with E-state index in [-0.39, 0.29) is 19.0 Å². The summed E-state index contributed by atoms with van der Waals surface area (Å²) in [6.07, 6.45) is -6.23. The fraction of sp³-hybridized carbons (Fsp3) is 0.286. The number of nitrogens with one attached hydrogen (secondary N) is 1. The van der Waals surface area contributed by atoms with Crippen molar-refractivity contribution in [3.63, 3.8) is 0 Å². The Kier molecular flexibility index (Phi) is 6.09. The summed E-state index contributed by atoms with van der Waals surface area (Å²) in [7, 11) is 0. The molecule has 0 spiro atoms. The van der Waals surface area contributed by atoms with E-state index in [1.165, 1.54) is 6.92 Å². The predicted octanol–water partition coefficient (Wildman–Crippen LogP) is 3.52. The molecule has 9 heteroatoms. The van der Waals surface area contributed by atoms with Crippen molar-refractivity contribution < 1.29 is 27.5 Å². The van der Waals surface area contributed by atoms with Crippen molar-refractivity contribution in [2.75, 3.05) is 13.2 Å². The molecule has 158 valence electrons. The molecule has 1 aliphatic heterocycles. The summed E-state index contributed by atoms with van der Waals surface area (Å²) in [5.41, 5.74) is -2.27. The molecule has 0 aliphatic carbocycles. The van der Waals surface area contributed by atoms with Crippen molar-refractivity contribution in [2.45, 2.75) is 25.2 Å². The van der Waals surface area contributed by atoms with Gasteiger partial charge >= 0.3 is 17.9 Å². The molecule has 2 aromatic rings. The van der Waals surface area contributed by atoms with E-state index in [4.69, 9.17) is 0 Å². The summed E-state index contributed by atoms with van der Waals surface area (Å²) >= 11 is 0. The van der Waals surface area contributed by atoms with Crippen LogP contribution in [0, 0.1) is 0 Å². The summed E-state index contributed by atoms with van der Waals surface area (Å²) in [6, 6.07) is 17.1. The lowest BCUT2D eigenvalue weighted by atomic mass is 10.1. The van der Waals surface area contributed by atoms with Gasteiger partial charge in [0.15, 0.2) is 0 Å². The van der Waals surface area contributed by atoms with Crippen LogP contribution in [0.25, 0.3) is 0 Å². The summed E-state index contributed by atoms with van der Waals surface area (Å²) in [4.78, 5) is 29.6. The first-order chi connectivity index (χ1) is 14.3. The molecule has 30 heavy (non-hydrogen) atoms. The number of hydrogen-bond donors (Lipinski definition) is 1. The number of ether oxygens (including phenoxy) is 1. The maximum absolute atomic E-state index is 14.1. The average Bonchev–Trinajstić information content (AvgIpc) is 3.01. The molecule has 0 fully saturated rings. The van der Waals surface area contributed by atoms with Crippen LogP contribution < -0.4 is 5.32 Å². The Bertz CT molecular complexity index is 933. The predicted molar refractivity (Wildman–Crippen MR) is 104 cm³/mol. The zero-order valence-electron chi connectivity index (χ0n) is 16.1. The number of benzene rings is 2.